The summed E-state index contributed by atoms with van der Waals surface area (Å²) in [5, 5.41) is 10.4. The zero-order chi connectivity index (χ0) is 16.0. The molecule has 4 rings (SSSR count). The molecule has 6 heteroatoms. The van der Waals surface area contributed by atoms with Gasteiger partial charge in [0.15, 0.2) is 0 Å². The Labute approximate surface area is 149 Å². The molecule has 1 aliphatic rings. The predicted molar refractivity (Wildman–Crippen MR) is 98.1 cm³/mol. The van der Waals surface area contributed by atoms with Crippen LogP contribution in [0.3, 0.4) is 0 Å². The SMILES string of the molecule is O=C(O)C1CC1Sc1ccc(-c2ccnc3ccc(Br)cc23)s1. The standard InChI is InChI=1S/C17H12BrNO2S2/c18-9-1-2-13-11(7-9)10(5-6-19-13)14-3-4-16(22-14)23-15-8-12(15)17(20)21/h1-7,12,15H,8H2,(H,20,21). The Bertz CT molecular complexity index is 908. The minimum absolute atomic E-state index is 0.178. The van der Waals surface area contributed by atoms with Crippen molar-refractivity contribution in [2.75, 3.05) is 0 Å². The second-order valence-corrected chi connectivity index (χ2v) is 9.01. The number of thioether (sulfide) groups is 1. The van der Waals surface area contributed by atoms with Crippen molar-refractivity contribution in [1.82, 2.24) is 4.98 Å². The van der Waals surface area contributed by atoms with Gasteiger partial charge in [-0.2, -0.15) is 0 Å². The van der Waals surface area contributed by atoms with Crippen LogP contribution in [-0.4, -0.2) is 21.3 Å². The Hall–Kier alpha value is -1.37. The average molecular weight is 406 g/mol. The number of hydrogen-bond donors (Lipinski definition) is 1. The number of carboxylic acid groups (broad SMARTS) is 1. The number of aliphatic carboxylic acids is 1. The van der Waals surface area contributed by atoms with Gasteiger partial charge in [0.1, 0.15) is 0 Å². The quantitative estimate of drug-likeness (QED) is 0.640. The van der Waals surface area contributed by atoms with E-state index in [0.29, 0.717) is 0 Å². The van der Waals surface area contributed by atoms with Crippen LogP contribution in [-0.2, 0) is 4.79 Å². The number of fused-ring (bicyclic) bond motifs is 1. The first-order valence-electron chi connectivity index (χ1n) is 7.16. The molecule has 0 saturated heterocycles. The summed E-state index contributed by atoms with van der Waals surface area (Å²) in [6, 6.07) is 12.3. The fourth-order valence-corrected chi connectivity index (χ4v) is 5.57. The van der Waals surface area contributed by atoms with Gasteiger partial charge in [0, 0.05) is 31.7 Å². The summed E-state index contributed by atoms with van der Waals surface area (Å²) in [7, 11) is 0. The lowest BCUT2D eigenvalue weighted by molar-refractivity contribution is -0.138. The molecule has 1 aliphatic carbocycles. The number of carbonyl (C=O) groups is 1. The molecule has 0 radical (unpaired) electrons. The van der Waals surface area contributed by atoms with Gasteiger partial charge in [-0.3, -0.25) is 9.78 Å². The van der Waals surface area contributed by atoms with E-state index in [2.05, 4.69) is 39.1 Å². The van der Waals surface area contributed by atoms with Crippen molar-refractivity contribution in [1.29, 1.82) is 0 Å². The van der Waals surface area contributed by atoms with E-state index >= 15 is 0 Å². The van der Waals surface area contributed by atoms with Gasteiger partial charge in [-0.15, -0.1) is 23.1 Å². The molecule has 0 aliphatic heterocycles. The van der Waals surface area contributed by atoms with Crippen LogP contribution in [0.2, 0.25) is 0 Å². The van der Waals surface area contributed by atoms with E-state index in [1.165, 1.54) is 14.6 Å². The molecule has 0 spiro atoms. The fraction of sp³-hybridized carbons (Fsp3) is 0.176. The van der Waals surface area contributed by atoms with Gasteiger partial charge in [-0.25, -0.2) is 0 Å². The number of carboxylic acids is 1. The Kier molecular flexibility index (Phi) is 3.91. The van der Waals surface area contributed by atoms with Crippen molar-refractivity contribution in [3.63, 3.8) is 0 Å². The molecule has 2 unspecified atom stereocenters. The molecule has 3 nitrogen and oxygen atoms in total. The third-order valence-corrected chi connectivity index (χ3v) is 7.00. The number of benzene rings is 1. The maximum Gasteiger partial charge on any atom is 0.307 e. The smallest absolute Gasteiger partial charge is 0.307 e. The second-order valence-electron chi connectivity index (χ2n) is 5.48. The monoisotopic (exact) mass is 405 g/mol. The highest BCUT2D eigenvalue weighted by Gasteiger charge is 2.44. The van der Waals surface area contributed by atoms with Crippen molar-refractivity contribution >= 4 is 55.9 Å². The molecular formula is C17H12BrNO2S2. The lowest BCUT2D eigenvalue weighted by atomic mass is 10.1. The van der Waals surface area contributed by atoms with E-state index in [4.69, 9.17) is 5.11 Å². The number of rotatable bonds is 4. The summed E-state index contributed by atoms with van der Waals surface area (Å²) < 4.78 is 2.21. The number of hydrogen-bond acceptors (Lipinski definition) is 4. The molecular weight excluding hydrogens is 394 g/mol. The first-order chi connectivity index (χ1) is 11.1. The number of aromatic nitrogens is 1. The number of thiophene rings is 1. The van der Waals surface area contributed by atoms with Gasteiger partial charge >= 0.3 is 5.97 Å². The van der Waals surface area contributed by atoms with Crippen LogP contribution in [0.15, 0.2) is 51.3 Å². The molecule has 2 heterocycles. The fourth-order valence-electron chi connectivity index (χ4n) is 2.57. The van der Waals surface area contributed by atoms with Crippen molar-refractivity contribution in [3.8, 4) is 10.4 Å². The molecule has 2 aromatic heterocycles. The van der Waals surface area contributed by atoms with Gasteiger partial charge < -0.3 is 5.11 Å². The number of pyridine rings is 1. The van der Waals surface area contributed by atoms with Crippen molar-refractivity contribution in [2.45, 2.75) is 15.9 Å². The van der Waals surface area contributed by atoms with Crippen molar-refractivity contribution < 1.29 is 9.90 Å². The highest BCUT2D eigenvalue weighted by Crippen LogP contribution is 2.48. The van der Waals surface area contributed by atoms with E-state index in [-0.39, 0.29) is 11.2 Å². The molecule has 116 valence electrons. The summed E-state index contributed by atoms with van der Waals surface area (Å²) >= 11 is 6.92. The van der Waals surface area contributed by atoms with Gasteiger partial charge in [0.25, 0.3) is 0 Å². The first kappa shape index (κ1) is 15.2. The van der Waals surface area contributed by atoms with Gasteiger partial charge in [0.05, 0.1) is 15.6 Å². The van der Waals surface area contributed by atoms with E-state index in [1.54, 1.807) is 23.1 Å². The van der Waals surface area contributed by atoms with Crippen LogP contribution >= 0.6 is 39.0 Å². The molecule has 1 saturated carbocycles. The van der Waals surface area contributed by atoms with Crippen LogP contribution in [0, 0.1) is 5.92 Å². The van der Waals surface area contributed by atoms with Crippen LogP contribution < -0.4 is 0 Å². The predicted octanol–water partition coefficient (Wildman–Crippen LogP) is 5.29. The summed E-state index contributed by atoms with van der Waals surface area (Å²) in [5.74, 6) is -0.854. The Balaban J connectivity index is 1.64. The third kappa shape index (κ3) is 3.03. The first-order valence-corrected chi connectivity index (χ1v) is 9.64. The van der Waals surface area contributed by atoms with Crippen LogP contribution in [0.25, 0.3) is 21.3 Å². The minimum atomic E-state index is -0.677. The molecule has 1 aromatic carbocycles. The second kappa shape index (κ2) is 5.92. The summed E-state index contributed by atoms with van der Waals surface area (Å²) in [4.78, 5) is 16.5. The Morgan fingerprint density at radius 1 is 1.30 bits per heavy atom. The Morgan fingerprint density at radius 3 is 2.96 bits per heavy atom. The van der Waals surface area contributed by atoms with Crippen molar-refractivity contribution in [2.24, 2.45) is 5.92 Å². The highest BCUT2D eigenvalue weighted by atomic mass is 79.9. The maximum absolute atomic E-state index is 10.9. The third-order valence-electron chi connectivity index (χ3n) is 3.87. The normalized spacial score (nSPS) is 19.9. The summed E-state index contributed by atoms with van der Waals surface area (Å²) in [6.07, 6.45) is 2.61. The number of halogens is 1. The molecule has 0 amide bonds. The molecule has 0 bridgehead atoms. The van der Waals surface area contributed by atoms with Crippen LogP contribution in [0.5, 0.6) is 0 Å². The highest BCUT2D eigenvalue weighted by molar-refractivity contribution is 9.10. The molecule has 1 N–H and O–H groups in total. The topological polar surface area (TPSA) is 50.2 Å². The molecule has 23 heavy (non-hydrogen) atoms. The van der Waals surface area contributed by atoms with E-state index < -0.39 is 5.97 Å². The molecule has 1 fully saturated rings. The zero-order valence-corrected chi connectivity index (χ0v) is 15.1. The van der Waals surface area contributed by atoms with E-state index in [9.17, 15) is 4.79 Å². The molecule has 2 atom stereocenters. The van der Waals surface area contributed by atoms with Gasteiger partial charge in [-0.1, -0.05) is 15.9 Å². The van der Waals surface area contributed by atoms with Gasteiger partial charge in [-0.05, 0) is 42.8 Å². The zero-order valence-electron chi connectivity index (χ0n) is 11.9. The minimum Gasteiger partial charge on any atom is -0.481 e. The lowest BCUT2D eigenvalue weighted by Gasteiger charge is -2.04. The van der Waals surface area contributed by atoms with Crippen LogP contribution in [0.1, 0.15) is 6.42 Å². The number of nitrogens with zero attached hydrogens (tertiary/aromatic N) is 1. The Morgan fingerprint density at radius 2 is 2.17 bits per heavy atom. The van der Waals surface area contributed by atoms with Crippen LogP contribution in [0.4, 0.5) is 0 Å². The summed E-state index contributed by atoms with van der Waals surface area (Å²) in [5.41, 5.74) is 2.14. The average Bonchev–Trinajstić information content (AvgIpc) is 3.15. The largest absolute Gasteiger partial charge is 0.481 e. The van der Waals surface area contributed by atoms with E-state index in [1.807, 2.05) is 24.4 Å². The van der Waals surface area contributed by atoms with E-state index in [0.717, 1.165) is 21.8 Å². The van der Waals surface area contributed by atoms with Gasteiger partial charge in [0.2, 0.25) is 0 Å². The maximum atomic E-state index is 10.9. The van der Waals surface area contributed by atoms with Crippen molar-refractivity contribution in [3.05, 3.63) is 47.1 Å². The summed E-state index contributed by atoms with van der Waals surface area (Å²) in [6.45, 7) is 0. The lowest BCUT2D eigenvalue weighted by Crippen LogP contribution is -1.99. The molecule has 3 aromatic rings.